The molecule has 3 amide bonds. The minimum atomic E-state index is -1.00. The van der Waals surface area contributed by atoms with E-state index in [2.05, 4.69) is 10.6 Å². The summed E-state index contributed by atoms with van der Waals surface area (Å²) >= 11 is 0. The van der Waals surface area contributed by atoms with E-state index in [0.29, 0.717) is 24.2 Å². The number of hydrogen-bond donors (Lipinski definition) is 2. The minimum Gasteiger partial charge on any atom is -0.345 e. The first-order valence-corrected chi connectivity index (χ1v) is 10.4. The Hall–Kier alpha value is -3.15. The lowest BCUT2D eigenvalue weighted by Gasteiger charge is -2.41. The van der Waals surface area contributed by atoms with Gasteiger partial charge in [0.15, 0.2) is 0 Å². The number of nitrogens with zero attached hydrogens (tertiary/aromatic N) is 1. The first-order valence-electron chi connectivity index (χ1n) is 10.4. The van der Waals surface area contributed by atoms with E-state index in [9.17, 15) is 14.4 Å². The third kappa shape index (κ3) is 4.53. The molecule has 0 aliphatic heterocycles. The Bertz CT molecular complexity index is 903. The number of hydrogen-bond acceptors (Lipinski definition) is 3. The summed E-state index contributed by atoms with van der Waals surface area (Å²) < 4.78 is 0. The smallest absolute Gasteiger partial charge is 0.250 e. The molecule has 0 saturated heterocycles. The molecule has 1 aliphatic rings. The molecule has 3 rings (SSSR count). The van der Waals surface area contributed by atoms with Crippen LogP contribution in [0.15, 0.2) is 54.6 Å². The number of benzene rings is 2. The molecule has 0 unspecified atom stereocenters. The Morgan fingerprint density at radius 1 is 0.967 bits per heavy atom. The zero-order valence-corrected chi connectivity index (χ0v) is 17.8. The van der Waals surface area contributed by atoms with Crippen LogP contribution in [0.4, 0.5) is 11.4 Å². The van der Waals surface area contributed by atoms with Crippen LogP contribution < -0.4 is 15.5 Å². The fraction of sp³-hybridized carbons (Fsp3) is 0.375. The Morgan fingerprint density at radius 3 is 2.13 bits per heavy atom. The molecule has 30 heavy (non-hydrogen) atoms. The van der Waals surface area contributed by atoms with Crippen LogP contribution in [0.1, 0.15) is 45.1 Å². The monoisotopic (exact) mass is 407 g/mol. The lowest BCUT2D eigenvalue weighted by atomic mass is 9.91. The standard InChI is InChI=1S/C24H29N3O3/c1-17-11-13-20(14-12-17)26-23(30)24(15-7-8-16-24)27(21-9-5-4-6-10-21)22(29)18(2)25-19(3)28/h4-6,9-14,18H,7-8,15-16H2,1-3H3,(H,25,28)(H,26,30)/t18-/m1/s1. The highest BCUT2D eigenvalue weighted by Crippen LogP contribution is 2.40. The normalized spacial score (nSPS) is 15.8. The van der Waals surface area contributed by atoms with Crippen LogP contribution in [-0.2, 0) is 14.4 Å². The summed E-state index contributed by atoms with van der Waals surface area (Å²) in [6.45, 7) is 5.02. The summed E-state index contributed by atoms with van der Waals surface area (Å²) in [6, 6.07) is 16.1. The average Bonchev–Trinajstić information content (AvgIpc) is 3.21. The average molecular weight is 408 g/mol. The van der Waals surface area contributed by atoms with Crippen LogP contribution in [-0.4, -0.2) is 29.3 Å². The van der Waals surface area contributed by atoms with Gasteiger partial charge < -0.3 is 10.6 Å². The zero-order chi connectivity index (χ0) is 21.7. The summed E-state index contributed by atoms with van der Waals surface area (Å²) in [5.74, 6) is -0.776. The van der Waals surface area contributed by atoms with Gasteiger partial charge in [-0.05, 0) is 51.0 Å². The molecule has 0 radical (unpaired) electrons. The van der Waals surface area contributed by atoms with Crippen LogP contribution in [0.5, 0.6) is 0 Å². The lowest BCUT2D eigenvalue weighted by molar-refractivity contribution is -0.129. The molecule has 0 heterocycles. The summed E-state index contributed by atoms with van der Waals surface area (Å²) in [5, 5.41) is 5.68. The topological polar surface area (TPSA) is 78.5 Å². The molecule has 6 heteroatoms. The number of anilines is 2. The molecular formula is C24H29N3O3. The molecule has 2 aromatic rings. The third-order valence-electron chi connectivity index (χ3n) is 5.62. The Balaban J connectivity index is 2.00. The van der Waals surface area contributed by atoms with Crippen molar-refractivity contribution in [3.8, 4) is 0 Å². The van der Waals surface area contributed by atoms with Crippen molar-refractivity contribution in [1.82, 2.24) is 5.32 Å². The van der Waals surface area contributed by atoms with Crippen LogP contribution in [0.2, 0.25) is 0 Å². The molecule has 6 nitrogen and oxygen atoms in total. The summed E-state index contributed by atoms with van der Waals surface area (Å²) in [4.78, 5) is 40.3. The summed E-state index contributed by atoms with van der Waals surface area (Å²) in [5.41, 5.74) is 1.46. The molecule has 1 saturated carbocycles. The highest BCUT2D eigenvalue weighted by Gasteiger charge is 2.50. The Morgan fingerprint density at radius 2 is 1.57 bits per heavy atom. The van der Waals surface area contributed by atoms with Crippen LogP contribution in [0.25, 0.3) is 0 Å². The van der Waals surface area contributed by atoms with E-state index in [-0.39, 0.29) is 17.7 Å². The molecule has 2 aromatic carbocycles. The highest BCUT2D eigenvalue weighted by molar-refractivity contribution is 6.10. The van der Waals surface area contributed by atoms with E-state index in [1.54, 1.807) is 11.8 Å². The molecule has 0 spiro atoms. The van der Waals surface area contributed by atoms with Crippen molar-refractivity contribution in [2.45, 2.75) is 58.0 Å². The number of para-hydroxylation sites is 1. The van der Waals surface area contributed by atoms with Crippen molar-refractivity contribution in [3.05, 3.63) is 60.2 Å². The van der Waals surface area contributed by atoms with E-state index in [1.807, 2.05) is 61.5 Å². The van der Waals surface area contributed by atoms with Gasteiger partial charge in [0, 0.05) is 18.3 Å². The van der Waals surface area contributed by atoms with E-state index < -0.39 is 11.6 Å². The van der Waals surface area contributed by atoms with E-state index in [0.717, 1.165) is 18.4 Å². The largest absolute Gasteiger partial charge is 0.345 e. The first kappa shape index (κ1) is 21.6. The van der Waals surface area contributed by atoms with Gasteiger partial charge in [-0.1, -0.05) is 48.7 Å². The van der Waals surface area contributed by atoms with Crippen LogP contribution >= 0.6 is 0 Å². The second-order valence-corrected chi connectivity index (χ2v) is 7.99. The maximum absolute atomic E-state index is 13.6. The van der Waals surface area contributed by atoms with Gasteiger partial charge in [-0.2, -0.15) is 0 Å². The number of nitrogens with one attached hydrogen (secondary N) is 2. The predicted octanol–water partition coefficient (Wildman–Crippen LogP) is 3.80. The second kappa shape index (κ2) is 9.11. The van der Waals surface area contributed by atoms with Gasteiger partial charge in [0.2, 0.25) is 11.8 Å². The fourth-order valence-electron chi connectivity index (χ4n) is 4.12. The number of carbonyl (C=O) groups is 3. The maximum atomic E-state index is 13.6. The zero-order valence-electron chi connectivity index (χ0n) is 17.8. The summed E-state index contributed by atoms with van der Waals surface area (Å²) in [6.07, 6.45) is 2.84. The Kier molecular flexibility index (Phi) is 6.55. The Labute approximate surface area is 177 Å². The van der Waals surface area contributed by atoms with Crippen molar-refractivity contribution in [3.63, 3.8) is 0 Å². The van der Waals surface area contributed by atoms with Gasteiger partial charge in [-0.25, -0.2) is 0 Å². The van der Waals surface area contributed by atoms with Gasteiger partial charge in [0.25, 0.3) is 5.91 Å². The van der Waals surface area contributed by atoms with Crippen molar-refractivity contribution < 1.29 is 14.4 Å². The molecule has 0 bridgehead atoms. The van der Waals surface area contributed by atoms with Crippen LogP contribution in [0, 0.1) is 6.92 Å². The quantitative estimate of drug-likeness (QED) is 0.764. The molecule has 1 fully saturated rings. The van der Waals surface area contributed by atoms with E-state index >= 15 is 0 Å². The van der Waals surface area contributed by atoms with Gasteiger partial charge in [-0.15, -0.1) is 0 Å². The number of rotatable bonds is 6. The molecule has 0 aromatic heterocycles. The van der Waals surface area contributed by atoms with Crippen molar-refractivity contribution in [2.75, 3.05) is 10.2 Å². The van der Waals surface area contributed by atoms with Gasteiger partial charge in [0.1, 0.15) is 11.6 Å². The number of amides is 3. The lowest BCUT2D eigenvalue weighted by Crippen LogP contribution is -2.61. The number of carbonyl (C=O) groups excluding carboxylic acids is 3. The molecule has 1 aliphatic carbocycles. The summed E-state index contributed by atoms with van der Waals surface area (Å²) in [7, 11) is 0. The van der Waals surface area contributed by atoms with Gasteiger partial charge in [-0.3, -0.25) is 19.3 Å². The molecule has 1 atom stereocenters. The highest BCUT2D eigenvalue weighted by atomic mass is 16.2. The minimum absolute atomic E-state index is 0.198. The molecular weight excluding hydrogens is 378 g/mol. The van der Waals surface area contributed by atoms with Crippen LogP contribution in [0.3, 0.4) is 0 Å². The third-order valence-corrected chi connectivity index (χ3v) is 5.62. The maximum Gasteiger partial charge on any atom is 0.250 e. The van der Waals surface area contributed by atoms with E-state index in [4.69, 9.17) is 0 Å². The first-order chi connectivity index (χ1) is 14.3. The SMILES string of the molecule is CC(=O)N[C@H](C)C(=O)N(c1ccccc1)C1(C(=O)Nc2ccc(C)cc2)CCCC1. The molecule has 158 valence electrons. The van der Waals surface area contributed by atoms with E-state index in [1.165, 1.54) is 6.92 Å². The fourth-order valence-corrected chi connectivity index (χ4v) is 4.12. The number of aryl methyl sites for hydroxylation is 1. The second-order valence-electron chi connectivity index (χ2n) is 7.99. The van der Waals surface area contributed by atoms with Gasteiger partial charge >= 0.3 is 0 Å². The molecule has 2 N–H and O–H groups in total. The van der Waals surface area contributed by atoms with Crippen molar-refractivity contribution in [2.24, 2.45) is 0 Å². The van der Waals surface area contributed by atoms with Gasteiger partial charge in [0.05, 0.1) is 0 Å². The van der Waals surface area contributed by atoms with Crippen molar-refractivity contribution in [1.29, 1.82) is 0 Å². The predicted molar refractivity (Wildman–Crippen MR) is 118 cm³/mol. The van der Waals surface area contributed by atoms with Crippen molar-refractivity contribution >= 4 is 29.1 Å².